The van der Waals surface area contributed by atoms with Crippen molar-refractivity contribution in [1.29, 1.82) is 0 Å². The lowest BCUT2D eigenvalue weighted by Gasteiger charge is -2.34. The number of halogens is 1. The minimum absolute atomic E-state index is 0. The molecule has 1 aliphatic rings. The number of nitrogens with one attached hydrogen (secondary N) is 2. The van der Waals surface area contributed by atoms with Crippen LogP contribution in [0.4, 0.5) is 0 Å². The van der Waals surface area contributed by atoms with Crippen molar-refractivity contribution < 1.29 is 4.79 Å². The van der Waals surface area contributed by atoms with Crippen LogP contribution in [0.15, 0.2) is 47.5 Å². The van der Waals surface area contributed by atoms with Crippen molar-refractivity contribution in [2.45, 2.75) is 31.9 Å². The highest BCUT2D eigenvalue weighted by Gasteiger charge is 2.22. The van der Waals surface area contributed by atoms with Crippen molar-refractivity contribution in [2.24, 2.45) is 10.9 Å². The highest BCUT2D eigenvalue weighted by Crippen LogP contribution is 2.23. The van der Waals surface area contributed by atoms with Gasteiger partial charge in [0.05, 0.1) is 6.54 Å². The van der Waals surface area contributed by atoms with Gasteiger partial charge in [-0.2, -0.15) is 11.8 Å². The topological polar surface area (TPSA) is 56.7 Å². The molecule has 5 nitrogen and oxygen atoms in total. The molecule has 2 aromatic carbocycles. The quantitative estimate of drug-likeness (QED) is 0.218. The predicted molar refractivity (Wildman–Crippen MR) is 144 cm³/mol. The molecular formula is C24H35IN4OS. The Morgan fingerprint density at radius 2 is 1.90 bits per heavy atom. The van der Waals surface area contributed by atoms with Gasteiger partial charge in [0.1, 0.15) is 0 Å². The Hall–Kier alpha value is -1.48. The summed E-state index contributed by atoms with van der Waals surface area (Å²) in [5.74, 6) is 3.67. The molecule has 1 saturated heterocycles. The van der Waals surface area contributed by atoms with E-state index in [-0.39, 0.29) is 29.9 Å². The second kappa shape index (κ2) is 13.8. The van der Waals surface area contributed by atoms with Gasteiger partial charge >= 0.3 is 0 Å². The number of likely N-dealkylation sites (tertiary alicyclic amines) is 1. The van der Waals surface area contributed by atoms with Crippen molar-refractivity contribution in [3.05, 3.63) is 48.0 Å². The molecule has 0 radical (unpaired) electrons. The zero-order chi connectivity index (χ0) is 21.2. The maximum Gasteiger partial charge on any atom is 0.220 e. The molecule has 0 bridgehead atoms. The summed E-state index contributed by atoms with van der Waals surface area (Å²) >= 11 is 1.94. The van der Waals surface area contributed by atoms with Gasteiger partial charge in [0, 0.05) is 44.6 Å². The Labute approximate surface area is 207 Å². The Balaban J connectivity index is 0.00000341. The summed E-state index contributed by atoms with van der Waals surface area (Å²) in [6.07, 6.45) is 2.74. The van der Waals surface area contributed by atoms with E-state index in [2.05, 4.69) is 64.9 Å². The van der Waals surface area contributed by atoms with E-state index in [1.807, 2.05) is 11.8 Å². The molecule has 1 heterocycles. The van der Waals surface area contributed by atoms with Gasteiger partial charge in [-0.15, -0.1) is 24.0 Å². The van der Waals surface area contributed by atoms with E-state index >= 15 is 0 Å². The number of benzene rings is 2. The first-order valence-electron chi connectivity index (χ1n) is 11.0. The standard InChI is InChI=1S/C24H34N4OS.HI/c1-3-26-24(28-14-11-19(12-15-28)17-23(29)25-2)27-13-16-30-18-21-9-6-8-20-7-4-5-10-22(20)21;/h4-10,19H,3,11-18H2,1-2H3,(H,25,29)(H,26,27);1H. The first-order valence-corrected chi connectivity index (χ1v) is 12.1. The summed E-state index contributed by atoms with van der Waals surface area (Å²) in [5, 5.41) is 8.84. The molecule has 31 heavy (non-hydrogen) atoms. The first-order chi connectivity index (χ1) is 14.7. The highest BCUT2D eigenvalue weighted by atomic mass is 127. The number of carbonyl (C=O) groups is 1. The summed E-state index contributed by atoms with van der Waals surface area (Å²) < 4.78 is 0. The van der Waals surface area contributed by atoms with E-state index in [1.165, 1.54) is 16.3 Å². The lowest BCUT2D eigenvalue weighted by Crippen LogP contribution is -2.46. The van der Waals surface area contributed by atoms with Crippen LogP contribution in [0.3, 0.4) is 0 Å². The molecule has 170 valence electrons. The van der Waals surface area contributed by atoms with Gasteiger partial charge in [0.2, 0.25) is 5.91 Å². The summed E-state index contributed by atoms with van der Waals surface area (Å²) in [7, 11) is 1.71. The van der Waals surface area contributed by atoms with Crippen LogP contribution >= 0.6 is 35.7 Å². The van der Waals surface area contributed by atoms with E-state index in [0.717, 1.165) is 56.5 Å². The SMILES string of the molecule is CCNC(=NCCSCc1cccc2ccccc12)N1CCC(CC(=O)NC)CC1.I. The third kappa shape index (κ3) is 7.86. The average Bonchev–Trinajstić information content (AvgIpc) is 2.78. The fourth-order valence-electron chi connectivity index (χ4n) is 3.96. The fourth-order valence-corrected chi connectivity index (χ4v) is 4.79. The summed E-state index contributed by atoms with van der Waals surface area (Å²) in [6.45, 7) is 5.74. The van der Waals surface area contributed by atoms with Gasteiger partial charge in [0.25, 0.3) is 0 Å². The maximum absolute atomic E-state index is 11.6. The molecule has 1 fully saturated rings. The van der Waals surface area contributed by atoms with Gasteiger partial charge < -0.3 is 15.5 Å². The number of hydrogen-bond acceptors (Lipinski definition) is 3. The van der Waals surface area contributed by atoms with Crippen LogP contribution in [0.25, 0.3) is 10.8 Å². The molecule has 2 aromatic rings. The fraction of sp³-hybridized carbons (Fsp3) is 0.500. The average molecular weight is 555 g/mol. The number of piperidine rings is 1. The zero-order valence-electron chi connectivity index (χ0n) is 18.6. The van der Waals surface area contributed by atoms with E-state index in [9.17, 15) is 4.79 Å². The second-order valence-corrected chi connectivity index (χ2v) is 8.84. The monoisotopic (exact) mass is 554 g/mol. The molecule has 0 atom stereocenters. The largest absolute Gasteiger partial charge is 0.359 e. The second-order valence-electron chi connectivity index (χ2n) is 7.73. The van der Waals surface area contributed by atoms with Gasteiger partial charge in [-0.3, -0.25) is 9.79 Å². The van der Waals surface area contributed by atoms with Crippen LogP contribution in [0.1, 0.15) is 31.7 Å². The lowest BCUT2D eigenvalue weighted by molar-refractivity contribution is -0.121. The van der Waals surface area contributed by atoms with E-state index in [1.54, 1.807) is 7.05 Å². The Morgan fingerprint density at radius 1 is 1.16 bits per heavy atom. The zero-order valence-corrected chi connectivity index (χ0v) is 21.7. The molecule has 0 saturated carbocycles. The smallest absolute Gasteiger partial charge is 0.220 e. The molecule has 2 N–H and O–H groups in total. The van der Waals surface area contributed by atoms with Crippen LogP contribution in [0, 0.1) is 5.92 Å². The molecule has 0 unspecified atom stereocenters. The third-order valence-corrected chi connectivity index (χ3v) is 6.62. The molecule has 0 aromatic heterocycles. The van der Waals surface area contributed by atoms with E-state index in [4.69, 9.17) is 4.99 Å². The maximum atomic E-state index is 11.6. The van der Waals surface area contributed by atoms with E-state index in [0.29, 0.717) is 12.3 Å². The highest BCUT2D eigenvalue weighted by molar-refractivity contribution is 14.0. The van der Waals surface area contributed by atoms with Gasteiger partial charge in [-0.1, -0.05) is 42.5 Å². The minimum Gasteiger partial charge on any atom is -0.359 e. The first kappa shape index (κ1) is 25.8. The lowest BCUT2D eigenvalue weighted by atomic mass is 9.93. The molecule has 3 rings (SSSR count). The Bertz CT molecular complexity index is 847. The van der Waals surface area contributed by atoms with Gasteiger partial charge in [-0.25, -0.2) is 0 Å². The van der Waals surface area contributed by atoms with Crippen LogP contribution in [-0.2, 0) is 10.5 Å². The number of thioether (sulfide) groups is 1. The number of fused-ring (bicyclic) bond motifs is 1. The number of rotatable bonds is 8. The number of amides is 1. The van der Waals surface area contributed by atoms with Crippen molar-refractivity contribution in [2.75, 3.05) is 39.0 Å². The number of carbonyl (C=O) groups excluding carboxylic acids is 1. The van der Waals surface area contributed by atoms with Crippen molar-refractivity contribution >= 4 is 58.4 Å². The summed E-state index contributed by atoms with van der Waals surface area (Å²) in [6, 6.07) is 15.1. The third-order valence-electron chi connectivity index (χ3n) is 5.64. The Morgan fingerprint density at radius 3 is 2.65 bits per heavy atom. The minimum atomic E-state index is 0. The molecule has 1 amide bonds. The number of guanidine groups is 1. The summed E-state index contributed by atoms with van der Waals surface area (Å²) in [4.78, 5) is 18.8. The predicted octanol–water partition coefficient (Wildman–Crippen LogP) is 4.50. The number of hydrogen-bond donors (Lipinski definition) is 2. The number of aliphatic imine (C=N–C) groups is 1. The van der Waals surface area contributed by atoms with E-state index < -0.39 is 0 Å². The molecule has 7 heteroatoms. The van der Waals surface area contributed by atoms with Crippen molar-refractivity contribution in [1.82, 2.24) is 15.5 Å². The molecule has 1 aliphatic heterocycles. The number of nitrogens with zero attached hydrogens (tertiary/aromatic N) is 2. The van der Waals surface area contributed by atoms with Gasteiger partial charge in [-0.05, 0) is 42.0 Å². The normalized spacial score (nSPS) is 14.9. The van der Waals surface area contributed by atoms with Crippen LogP contribution in [0.2, 0.25) is 0 Å². The van der Waals surface area contributed by atoms with Crippen LogP contribution in [-0.4, -0.2) is 55.7 Å². The van der Waals surface area contributed by atoms with Crippen LogP contribution in [0.5, 0.6) is 0 Å². The molecular weight excluding hydrogens is 519 g/mol. The Kier molecular flexibility index (Phi) is 11.5. The molecule has 0 aliphatic carbocycles. The summed E-state index contributed by atoms with van der Waals surface area (Å²) in [5.41, 5.74) is 1.40. The van der Waals surface area contributed by atoms with Gasteiger partial charge in [0.15, 0.2) is 5.96 Å². The van der Waals surface area contributed by atoms with Crippen molar-refractivity contribution in [3.63, 3.8) is 0 Å². The van der Waals surface area contributed by atoms with Crippen molar-refractivity contribution in [3.8, 4) is 0 Å². The van der Waals surface area contributed by atoms with Crippen LogP contribution < -0.4 is 10.6 Å². The molecule has 0 spiro atoms.